The first kappa shape index (κ1) is 22.3. The smallest absolute Gasteiger partial charge is 0.191 e. The Morgan fingerprint density at radius 3 is 2.65 bits per heavy atom. The number of hydrogen-bond donors (Lipinski definition) is 2. The summed E-state index contributed by atoms with van der Waals surface area (Å²) in [6, 6.07) is 9.99. The van der Waals surface area contributed by atoms with E-state index in [4.69, 9.17) is 13.9 Å². The molecular weight excluding hydrogens is 445 g/mol. The third-order valence-electron chi connectivity index (χ3n) is 3.61. The van der Waals surface area contributed by atoms with Gasteiger partial charge in [-0.1, -0.05) is 6.07 Å². The summed E-state index contributed by atoms with van der Waals surface area (Å²) >= 11 is 0. The van der Waals surface area contributed by atoms with Crippen molar-refractivity contribution in [2.45, 2.75) is 19.9 Å². The lowest BCUT2D eigenvalue weighted by Gasteiger charge is -2.12. The molecule has 0 aliphatic rings. The zero-order valence-corrected chi connectivity index (χ0v) is 17.9. The van der Waals surface area contributed by atoms with E-state index in [1.165, 1.54) is 0 Å². The topological polar surface area (TPSA) is 68.0 Å². The van der Waals surface area contributed by atoms with Crippen LogP contribution in [0, 0.1) is 6.92 Å². The Bertz CT molecular complexity index is 660. The van der Waals surface area contributed by atoms with Crippen molar-refractivity contribution in [1.29, 1.82) is 0 Å². The summed E-state index contributed by atoms with van der Waals surface area (Å²) < 4.78 is 15.8. The van der Waals surface area contributed by atoms with Crippen LogP contribution in [0.3, 0.4) is 0 Å². The molecule has 0 unspecified atom stereocenters. The largest absolute Gasteiger partial charge is 0.497 e. The minimum absolute atomic E-state index is 0. The average molecular weight is 473 g/mol. The molecule has 2 aromatic rings. The monoisotopic (exact) mass is 473 g/mol. The molecule has 7 heteroatoms. The molecule has 0 saturated carbocycles. The van der Waals surface area contributed by atoms with Gasteiger partial charge in [-0.15, -0.1) is 24.0 Å². The van der Waals surface area contributed by atoms with Gasteiger partial charge in [0.05, 0.1) is 26.5 Å². The van der Waals surface area contributed by atoms with Crippen molar-refractivity contribution in [2.75, 3.05) is 33.9 Å². The summed E-state index contributed by atoms with van der Waals surface area (Å²) in [5.41, 5.74) is 2.26. The predicted octanol–water partition coefficient (Wildman–Crippen LogP) is 3.14. The molecule has 0 atom stereocenters. The molecule has 1 aromatic heterocycles. The number of guanidine groups is 1. The number of nitrogens with zero attached hydrogens (tertiary/aromatic N) is 1. The van der Waals surface area contributed by atoms with Gasteiger partial charge in [0, 0.05) is 26.6 Å². The van der Waals surface area contributed by atoms with Crippen LogP contribution in [0.15, 0.2) is 46.0 Å². The summed E-state index contributed by atoms with van der Waals surface area (Å²) in [4.78, 5) is 4.65. The molecule has 26 heavy (non-hydrogen) atoms. The van der Waals surface area contributed by atoms with Crippen LogP contribution in [-0.2, 0) is 17.7 Å². The molecule has 0 aliphatic carbocycles. The van der Waals surface area contributed by atoms with Crippen molar-refractivity contribution in [2.24, 2.45) is 4.99 Å². The standard InChI is InChI=1S/C19H27N3O3.HI/c1-15-11-16(13-18(12-15)24-3)14-22-19(21-8-10-23-2)20-7-6-17-5-4-9-25-17;/h4-5,9,11-13H,6-8,10,14H2,1-3H3,(H2,20,21,22);1H. The van der Waals surface area contributed by atoms with Crippen LogP contribution in [0.5, 0.6) is 5.75 Å². The van der Waals surface area contributed by atoms with Crippen LogP contribution in [0.2, 0.25) is 0 Å². The maximum Gasteiger partial charge on any atom is 0.191 e. The fraction of sp³-hybridized carbons (Fsp3) is 0.421. The van der Waals surface area contributed by atoms with E-state index in [1.54, 1.807) is 20.5 Å². The van der Waals surface area contributed by atoms with Gasteiger partial charge in [0.15, 0.2) is 5.96 Å². The first-order chi connectivity index (χ1) is 12.2. The third-order valence-corrected chi connectivity index (χ3v) is 3.61. The van der Waals surface area contributed by atoms with Crippen molar-refractivity contribution in [3.8, 4) is 5.75 Å². The lowest BCUT2D eigenvalue weighted by Crippen LogP contribution is -2.40. The molecule has 0 bridgehead atoms. The Morgan fingerprint density at radius 2 is 1.96 bits per heavy atom. The van der Waals surface area contributed by atoms with Crippen LogP contribution in [0.25, 0.3) is 0 Å². The fourth-order valence-electron chi connectivity index (χ4n) is 2.41. The van der Waals surface area contributed by atoms with Crippen molar-refractivity contribution >= 4 is 29.9 Å². The normalized spacial score (nSPS) is 11.0. The van der Waals surface area contributed by atoms with Gasteiger partial charge >= 0.3 is 0 Å². The molecule has 0 fully saturated rings. The summed E-state index contributed by atoms with van der Waals surface area (Å²) in [6.45, 7) is 4.68. The van der Waals surface area contributed by atoms with E-state index in [9.17, 15) is 0 Å². The maximum atomic E-state index is 5.35. The van der Waals surface area contributed by atoms with Gasteiger partial charge in [-0.2, -0.15) is 0 Å². The van der Waals surface area contributed by atoms with E-state index in [-0.39, 0.29) is 24.0 Å². The highest BCUT2D eigenvalue weighted by atomic mass is 127. The van der Waals surface area contributed by atoms with E-state index in [1.807, 2.05) is 24.3 Å². The Balaban J connectivity index is 0.00000338. The number of rotatable bonds is 9. The highest BCUT2D eigenvalue weighted by Crippen LogP contribution is 2.16. The number of aliphatic imine (C=N–C) groups is 1. The van der Waals surface area contributed by atoms with Crippen LogP contribution < -0.4 is 15.4 Å². The van der Waals surface area contributed by atoms with Gasteiger partial charge in [0.25, 0.3) is 0 Å². The highest BCUT2D eigenvalue weighted by Gasteiger charge is 2.02. The van der Waals surface area contributed by atoms with Gasteiger partial charge < -0.3 is 24.5 Å². The predicted molar refractivity (Wildman–Crippen MR) is 115 cm³/mol. The molecule has 0 radical (unpaired) electrons. The Hall–Kier alpha value is -1.74. The quantitative estimate of drug-likeness (QED) is 0.254. The zero-order valence-electron chi connectivity index (χ0n) is 15.6. The van der Waals surface area contributed by atoms with Crippen LogP contribution in [-0.4, -0.2) is 39.9 Å². The Labute approximate surface area is 172 Å². The maximum absolute atomic E-state index is 5.35. The number of furan rings is 1. The minimum Gasteiger partial charge on any atom is -0.497 e. The van der Waals surface area contributed by atoms with Gasteiger partial charge in [-0.3, -0.25) is 0 Å². The van der Waals surface area contributed by atoms with E-state index in [0.717, 1.165) is 41.6 Å². The first-order valence-corrected chi connectivity index (χ1v) is 8.39. The van der Waals surface area contributed by atoms with Gasteiger partial charge in [-0.25, -0.2) is 4.99 Å². The second-order valence-corrected chi connectivity index (χ2v) is 5.70. The second kappa shape index (κ2) is 12.6. The van der Waals surface area contributed by atoms with Crippen molar-refractivity contribution in [3.63, 3.8) is 0 Å². The van der Waals surface area contributed by atoms with E-state index in [2.05, 4.69) is 28.6 Å². The molecule has 1 aromatic carbocycles. The van der Waals surface area contributed by atoms with Gasteiger partial charge in [-0.05, 0) is 42.3 Å². The van der Waals surface area contributed by atoms with Crippen LogP contribution in [0.4, 0.5) is 0 Å². The molecule has 1 heterocycles. The molecule has 0 amide bonds. The van der Waals surface area contributed by atoms with E-state index < -0.39 is 0 Å². The third kappa shape index (κ3) is 8.09. The number of benzene rings is 1. The molecule has 0 spiro atoms. The van der Waals surface area contributed by atoms with Crippen molar-refractivity contribution < 1.29 is 13.9 Å². The van der Waals surface area contributed by atoms with Crippen molar-refractivity contribution in [3.05, 3.63) is 53.5 Å². The highest BCUT2D eigenvalue weighted by molar-refractivity contribution is 14.0. The second-order valence-electron chi connectivity index (χ2n) is 5.70. The molecule has 0 aliphatic heterocycles. The Morgan fingerprint density at radius 1 is 1.15 bits per heavy atom. The average Bonchev–Trinajstić information content (AvgIpc) is 3.12. The number of methoxy groups -OCH3 is 2. The van der Waals surface area contributed by atoms with Crippen molar-refractivity contribution in [1.82, 2.24) is 10.6 Å². The van der Waals surface area contributed by atoms with Crippen LogP contribution in [0.1, 0.15) is 16.9 Å². The van der Waals surface area contributed by atoms with E-state index in [0.29, 0.717) is 19.7 Å². The molecule has 6 nitrogen and oxygen atoms in total. The number of halogens is 1. The SMILES string of the molecule is COCCNC(=NCc1cc(C)cc(OC)c1)NCCc1ccco1.I. The summed E-state index contributed by atoms with van der Waals surface area (Å²) in [5.74, 6) is 2.56. The van der Waals surface area contributed by atoms with Crippen LogP contribution >= 0.6 is 24.0 Å². The van der Waals surface area contributed by atoms with E-state index >= 15 is 0 Å². The number of nitrogens with one attached hydrogen (secondary N) is 2. The van der Waals surface area contributed by atoms with Gasteiger partial charge in [0.1, 0.15) is 11.5 Å². The molecule has 2 N–H and O–H groups in total. The number of hydrogen-bond acceptors (Lipinski definition) is 4. The molecule has 0 saturated heterocycles. The minimum atomic E-state index is 0. The summed E-state index contributed by atoms with van der Waals surface area (Å²) in [7, 11) is 3.36. The lowest BCUT2D eigenvalue weighted by molar-refractivity contribution is 0.203. The number of ether oxygens (including phenoxy) is 2. The summed E-state index contributed by atoms with van der Waals surface area (Å²) in [5, 5.41) is 6.59. The summed E-state index contributed by atoms with van der Waals surface area (Å²) in [6.07, 6.45) is 2.49. The first-order valence-electron chi connectivity index (χ1n) is 8.39. The Kier molecular flexibility index (Phi) is 10.8. The molecule has 2 rings (SSSR count). The van der Waals surface area contributed by atoms with Gasteiger partial charge in [0.2, 0.25) is 0 Å². The zero-order chi connectivity index (χ0) is 17.9. The lowest BCUT2D eigenvalue weighted by atomic mass is 10.1. The molecular formula is C19H28IN3O3. The number of aryl methyl sites for hydroxylation is 1. The molecule has 144 valence electrons. The fourth-order valence-corrected chi connectivity index (χ4v) is 2.41.